The molecule has 0 saturated heterocycles. The van der Waals surface area contributed by atoms with E-state index in [1.807, 2.05) is 0 Å². The Kier molecular flexibility index (Phi) is 3.50. The minimum atomic E-state index is -3.59. The van der Waals surface area contributed by atoms with E-state index in [9.17, 15) is 8.42 Å². The highest BCUT2D eigenvalue weighted by molar-refractivity contribution is 9.11. The molecule has 0 unspecified atom stereocenters. The smallest absolute Gasteiger partial charge is 0.198 e. The lowest BCUT2D eigenvalue weighted by molar-refractivity contribution is 0.580. The number of aromatic nitrogens is 2. The Morgan fingerprint density at radius 1 is 1.29 bits per heavy atom. The second-order valence-corrected chi connectivity index (χ2v) is 8.64. The molecule has 0 aromatic carbocycles. The van der Waals surface area contributed by atoms with Gasteiger partial charge in [-0.25, -0.2) is 0 Å². The van der Waals surface area contributed by atoms with Crippen molar-refractivity contribution in [2.75, 3.05) is 0 Å². The molecule has 0 radical (unpaired) electrons. The number of aryl methyl sites for hydroxylation is 1. The van der Waals surface area contributed by atoms with E-state index in [4.69, 9.17) is 0 Å². The van der Waals surface area contributed by atoms with Gasteiger partial charge in [0, 0.05) is 0 Å². The normalized spacial score (nSPS) is 12.0. The summed E-state index contributed by atoms with van der Waals surface area (Å²) in [4.78, 5) is 0. The monoisotopic (exact) mass is 398 g/mol. The van der Waals surface area contributed by atoms with Gasteiger partial charge in [0.05, 0.1) is 19.6 Å². The quantitative estimate of drug-likeness (QED) is 0.778. The molecule has 0 fully saturated rings. The van der Waals surface area contributed by atoms with Crippen molar-refractivity contribution < 1.29 is 8.42 Å². The van der Waals surface area contributed by atoms with E-state index in [0.29, 0.717) is 11.4 Å². The molecule has 0 amide bonds. The van der Waals surface area contributed by atoms with Gasteiger partial charge < -0.3 is 0 Å². The summed E-state index contributed by atoms with van der Waals surface area (Å²) in [6.45, 7) is 3.47. The Morgan fingerprint density at radius 2 is 1.94 bits per heavy atom. The predicted octanol–water partition coefficient (Wildman–Crippen LogP) is 3.32. The van der Waals surface area contributed by atoms with Gasteiger partial charge in [0.2, 0.25) is 0 Å². The second kappa shape index (κ2) is 4.49. The maximum Gasteiger partial charge on any atom is 0.292 e. The van der Waals surface area contributed by atoms with Crippen molar-refractivity contribution in [2.24, 2.45) is 0 Å². The Morgan fingerprint density at radius 3 is 2.35 bits per heavy atom. The van der Waals surface area contributed by atoms with E-state index in [2.05, 4.69) is 37.0 Å². The van der Waals surface area contributed by atoms with Crippen LogP contribution in [0.25, 0.3) is 0 Å². The number of hydrogen-bond donors (Lipinski definition) is 0. The Hall–Kier alpha value is -0.180. The second-order valence-electron chi connectivity index (χ2n) is 3.39. The minimum Gasteiger partial charge on any atom is -0.198 e. The van der Waals surface area contributed by atoms with Crippen LogP contribution in [0.5, 0.6) is 0 Å². The van der Waals surface area contributed by atoms with E-state index < -0.39 is 10.0 Å². The van der Waals surface area contributed by atoms with Gasteiger partial charge in [0.15, 0.2) is 0 Å². The summed E-state index contributed by atoms with van der Waals surface area (Å²) in [6.07, 6.45) is 0. The average Bonchev–Trinajstić information content (AvgIpc) is 2.79. The Balaban J connectivity index is 2.64. The molecule has 0 atom stereocenters. The molecule has 2 heterocycles. The number of halogens is 2. The summed E-state index contributed by atoms with van der Waals surface area (Å²) in [7, 11) is -3.59. The standard InChI is InChI=1S/C9H8Br2N2O2S2/c1-5-9(11)6(2)13(12-5)17(14,15)8-4-3-7(10)16-8/h3-4H,1-2H3. The first-order valence-corrected chi connectivity index (χ1v) is 8.41. The van der Waals surface area contributed by atoms with Crippen molar-refractivity contribution in [1.29, 1.82) is 0 Å². The SMILES string of the molecule is Cc1nn(S(=O)(=O)c2ccc(Br)s2)c(C)c1Br. The third-order valence-corrected chi connectivity index (χ3v) is 7.10. The number of nitrogens with zero attached hydrogens (tertiary/aromatic N) is 2. The third kappa shape index (κ3) is 2.23. The highest BCUT2D eigenvalue weighted by Crippen LogP contribution is 2.30. The summed E-state index contributed by atoms with van der Waals surface area (Å²) in [5, 5.41) is 4.04. The summed E-state index contributed by atoms with van der Waals surface area (Å²) in [6, 6.07) is 3.27. The molecule has 0 aliphatic carbocycles. The largest absolute Gasteiger partial charge is 0.292 e. The van der Waals surface area contributed by atoms with Gasteiger partial charge in [-0.2, -0.15) is 17.6 Å². The summed E-state index contributed by atoms with van der Waals surface area (Å²) < 4.78 is 27.4. The molecular weight excluding hydrogens is 392 g/mol. The van der Waals surface area contributed by atoms with Gasteiger partial charge in [-0.15, -0.1) is 11.3 Å². The van der Waals surface area contributed by atoms with Crippen molar-refractivity contribution in [3.63, 3.8) is 0 Å². The number of thiophene rings is 1. The molecule has 4 nitrogen and oxygen atoms in total. The Labute approximate surface area is 120 Å². The minimum absolute atomic E-state index is 0.266. The van der Waals surface area contributed by atoms with E-state index >= 15 is 0 Å². The van der Waals surface area contributed by atoms with Crippen LogP contribution < -0.4 is 0 Å². The van der Waals surface area contributed by atoms with Gasteiger partial charge in [0.1, 0.15) is 4.21 Å². The molecule has 2 aromatic heterocycles. The third-order valence-electron chi connectivity index (χ3n) is 2.19. The molecule has 92 valence electrons. The van der Waals surface area contributed by atoms with Crippen LogP contribution in [0.4, 0.5) is 0 Å². The molecule has 0 saturated carbocycles. The maximum atomic E-state index is 12.3. The zero-order valence-corrected chi connectivity index (χ0v) is 13.7. The van der Waals surface area contributed by atoms with Crippen LogP contribution in [0.3, 0.4) is 0 Å². The lowest BCUT2D eigenvalue weighted by Gasteiger charge is -2.03. The van der Waals surface area contributed by atoms with Gasteiger partial charge in [0.25, 0.3) is 10.0 Å². The van der Waals surface area contributed by atoms with Crippen LogP contribution in [0, 0.1) is 13.8 Å². The lowest BCUT2D eigenvalue weighted by Crippen LogP contribution is -2.14. The van der Waals surface area contributed by atoms with Crippen LogP contribution in [0.2, 0.25) is 0 Å². The first-order chi connectivity index (χ1) is 7.84. The first-order valence-electron chi connectivity index (χ1n) is 4.56. The topological polar surface area (TPSA) is 52.0 Å². The summed E-state index contributed by atoms with van der Waals surface area (Å²) in [5.74, 6) is 0. The van der Waals surface area contributed by atoms with Gasteiger partial charge in [-0.05, 0) is 57.8 Å². The molecule has 0 aliphatic heterocycles. The van der Waals surface area contributed by atoms with Crippen molar-refractivity contribution in [3.8, 4) is 0 Å². The van der Waals surface area contributed by atoms with Crippen molar-refractivity contribution >= 4 is 53.2 Å². The van der Waals surface area contributed by atoms with Crippen LogP contribution in [-0.2, 0) is 10.0 Å². The van der Waals surface area contributed by atoms with Crippen LogP contribution in [0.1, 0.15) is 11.4 Å². The molecule has 0 spiro atoms. The first kappa shape index (κ1) is 13.3. The van der Waals surface area contributed by atoms with Crippen LogP contribution in [-0.4, -0.2) is 17.6 Å². The zero-order valence-electron chi connectivity index (χ0n) is 8.94. The van der Waals surface area contributed by atoms with Gasteiger partial charge >= 0.3 is 0 Å². The van der Waals surface area contributed by atoms with Crippen LogP contribution >= 0.6 is 43.2 Å². The average molecular weight is 400 g/mol. The van der Waals surface area contributed by atoms with Crippen molar-refractivity contribution in [2.45, 2.75) is 18.1 Å². The van der Waals surface area contributed by atoms with E-state index in [1.54, 1.807) is 26.0 Å². The fourth-order valence-corrected chi connectivity index (χ4v) is 5.16. The number of hydrogen-bond acceptors (Lipinski definition) is 4. The maximum absolute atomic E-state index is 12.3. The van der Waals surface area contributed by atoms with E-state index in [0.717, 1.165) is 12.3 Å². The van der Waals surface area contributed by atoms with Crippen molar-refractivity contribution in [3.05, 3.63) is 31.8 Å². The summed E-state index contributed by atoms with van der Waals surface area (Å²) in [5.41, 5.74) is 1.23. The molecule has 0 N–H and O–H groups in total. The van der Waals surface area contributed by atoms with Gasteiger partial charge in [-0.3, -0.25) is 0 Å². The fraction of sp³-hybridized carbons (Fsp3) is 0.222. The van der Waals surface area contributed by atoms with E-state index in [-0.39, 0.29) is 4.21 Å². The number of rotatable bonds is 2. The predicted molar refractivity (Wildman–Crippen MR) is 74.0 cm³/mol. The Bertz CT molecular complexity index is 673. The molecule has 2 aromatic rings. The molecular formula is C9H8Br2N2O2S2. The van der Waals surface area contributed by atoms with Crippen LogP contribution in [0.15, 0.2) is 24.6 Å². The highest BCUT2D eigenvalue weighted by Gasteiger charge is 2.24. The molecule has 0 aliphatic rings. The fourth-order valence-electron chi connectivity index (χ4n) is 1.36. The molecule has 8 heteroatoms. The molecule has 17 heavy (non-hydrogen) atoms. The summed E-state index contributed by atoms with van der Waals surface area (Å²) >= 11 is 7.73. The molecule has 2 rings (SSSR count). The van der Waals surface area contributed by atoms with Crippen molar-refractivity contribution in [1.82, 2.24) is 9.19 Å². The zero-order chi connectivity index (χ0) is 12.8. The molecule has 0 bridgehead atoms. The van der Waals surface area contributed by atoms with Gasteiger partial charge in [-0.1, -0.05) is 0 Å². The van der Waals surface area contributed by atoms with E-state index in [1.165, 1.54) is 11.3 Å². The highest BCUT2D eigenvalue weighted by atomic mass is 79.9. The lowest BCUT2D eigenvalue weighted by atomic mass is 10.4.